The largest absolute Gasteiger partial charge is 0.351 e. The van der Waals surface area contributed by atoms with Gasteiger partial charge in [0.05, 0.1) is 18.3 Å². The summed E-state index contributed by atoms with van der Waals surface area (Å²) in [5.41, 5.74) is 21.5. The van der Waals surface area contributed by atoms with E-state index in [1.54, 1.807) is 12.3 Å². The van der Waals surface area contributed by atoms with E-state index >= 15 is 0 Å². The SMILES string of the molecule is C.C.CC(C)(C)CC(=O)CC(=O)Cc1ccc(C(C)(C)C)cn1.CC(C)(C)Cc1ccc(C(C)(C)C)cc1.CC(C)(C)Cc1ccc(C(C)(C)C)nc1.CC(C)(C)NC(=O)CC(=O)Nc1ccc(C(C)(C)C)nc1.CC(C)(C)NCc1ccc(C(C)(C)C)cc1.CC(C)(C)NCc1ccc(C(C)(C)C)nc1.CC(C)(C)c1ccc(C(C)(C)C)cc1.CC(C)(C)c1ccc(C(C)(C)C)nc1. The van der Waals surface area contributed by atoms with Gasteiger partial charge in [-0.25, -0.2) is 0 Å². The van der Waals surface area contributed by atoms with Crippen LogP contribution in [-0.2, 0) is 106 Å². The molecule has 0 aliphatic rings. The molecule has 0 spiro atoms. The summed E-state index contributed by atoms with van der Waals surface area (Å²) in [6, 6.07) is 47.5. The van der Waals surface area contributed by atoms with Crippen LogP contribution in [0.25, 0.3) is 0 Å². The van der Waals surface area contributed by atoms with E-state index in [2.05, 4.69) is 446 Å². The van der Waals surface area contributed by atoms with E-state index in [0.717, 1.165) is 54.3 Å². The number of pyridine rings is 5. The lowest BCUT2D eigenvalue weighted by molar-refractivity contribution is -0.129. The summed E-state index contributed by atoms with van der Waals surface area (Å²) in [6.07, 6.45) is 12.2. The third-order valence-corrected chi connectivity index (χ3v) is 20.8. The van der Waals surface area contributed by atoms with Gasteiger partial charge in [0.1, 0.15) is 18.0 Å². The highest BCUT2D eigenvalue weighted by atomic mass is 16.2. The second-order valence-electron chi connectivity index (χ2n) is 53.4. The predicted molar refractivity (Wildman–Crippen MR) is 584 cm³/mol. The predicted octanol–water partition coefficient (Wildman–Crippen LogP) is 31.4. The molecule has 0 aliphatic carbocycles. The van der Waals surface area contributed by atoms with Crippen LogP contribution in [0.3, 0.4) is 0 Å². The minimum atomic E-state index is -0.345. The van der Waals surface area contributed by atoms with Crippen molar-refractivity contribution in [1.82, 2.24) is 40.9 Å². The highest BCUT2D eigenvalue weighted by Gasteiger charge is 2.26. The molecule has 134 heavy (non-hydrogen) atoms. The number of anilines is 1. The molecule has 0 saturated carbocycles. The van der Waals surface area contributed by atoms with E-state index in [1.165, 1.54) is 55.8 Å². The number of nitrogens with zero attached hydrogens (tertiary/aromatic N) is 5. The van der Waals surface area contributed by atoms with Gasteiger partial charge in [0.15, 0.2) is 0 Å². The zero-order valence-electron chi connectivity index (χ0n) is 93.1. The molecule has 0 radical (unpaired) electrons. The zero-order chi connectivity index (χ0) is 103. The molecule has 3 aromatic carbocycles. The standard InChI is InChI=1S/C18H27NO2.C16H25N3O2.C15H25N.C15H24.C14H24N2.C14H23N.C14H22.C13H21N.2CH4/c1-17(2,3)11-16(21)10-15(20)9-14-8-7-13(12-19-14)18(4,5)6;1-15(2,3)12-8-7-11(10-17-12)18-13(20)9-14(21)19-16(4,5)6;1-14(2,3)13-9-7-12(8-10-13)11-16-15(4,5)6;1-14(2,3)11-12-7-9-13(10-8-12)15(4,5)6;1-13(2,3)12-8-7-11(9-15-12)10-16-14(4,5)6;1-13(2,3)9-11-7-8-12(15-10-11)14(4,5)6;1-13(2,3)11-7-9-12(10-8-11)14(4,5)6;1-12(2,3)10-7-8-11(14-9-10)13(4,5)6;;/h7-8,12H,9-11H2,1-6H3;7-8,10H,9H2,1-6H3,(H,18,20)(H,19,21);7-10,16H,11H2,1-6H3;7-10H,11H2,1-6H3;7-9,16H,10H2,1-6H3;7-8,10H,9H2,1-6H3;7-10H,1-6H3;7-9H,1-6H3;2*1H4. The fourth-order valence-corrected chi connectivity index (χ4v) is 12.7. The molecule has 13 nitrogen and oxygen atoms in total. The Balaban J connectivity index is 0. The Morgan fingerprint density at radius 2 is 0.530 bits per heavy atom. The third-order valence-electron chi connectivity index (χ3n) is 20.8. The molecular formula is C121H199N9O4. The van der Waals surface area contributed by atoms with E-state index in [-0.39, 0.29) is 134 Å². The summed E-state index contributed by atoms with van der Waals surface area (Å²) in [6.45, 7) is 106. The Morgan fingerprint density at radius 3 is 0.806 bits per heavy atom. The van der Waals surface area contributed by atoms with E-state index in [9.17, 15) is 19.2 Å². The van der Waals surface area contributed by atoms with Crippen molar-refractivity contribution >= 4 is 29.1 Å². The first-order chi connectivity index (χ1) is 59.1. The highest BCUT2D eigenvalue weighted by Crippen LogP contribution is 2.33. The summed E-state index contributed by atoms with van der Waals surface area (Å²) in [5.74, 6) is -0.680. The number of amides is 2. The van der Waals surface area contributed by atoms with Crippen LogP contribution in [0.15, 0.2) is 164 Å². The van der Waals surface area contributed by atoms with Crippen molar-refractivity contribution < 1.29 is 19.2 Å². The highest BCUT2D eigenvalue weighted by molar-refractivity contribution is 6.03. The molecule has 0 atom stereocenters. The van der Waals surface area contributed by atoms with Gasteiger partial charge in [-0.15, -0.1) is 0 Å². The van der Waals surface area contributed by atoms with Crippen LogP contribution in [0.1, 0.15) is 451 Å². The fourth-order valence-electron chi connectivity index (χ4n) is 12.7. The molecular weight excluding hydrogens is 1640 g/mol. The first-order valence-corrected chi connectivity index (χ1v) is 48.3. The van der Waals surface area contributed by atoms with Crippen molar-refractivity contribution in [2.45, 2.75) is 470 Å². The van der Waals surface area contributed by atoms with Gasteiger partial charge in [0, 0.05) is 117 Å². The van der Waals surface area contributed by atoms with E-state index in [0.29, 0.717) is 22.9 Å². The van der Waals surface area contributed by atoms with Crippen LogP contribution in [-0.4, -0.2) is 64.9 Å². The number of hydrogen-bond acceptors (Lipinski definition) is 11. The Morgan fingerprint density at radius 1 is 0.246 bits per heavy atom. The van der Waals surface area contributed by atoms with Crippen LogP contribution < -0.4 is 21.3 Å². The summed E-state index contributed by atoms with van der Waals surface area (Å²) < 4.78 is 0. The molecule has 8 aromatic rings. The van der Waals surface area contributed by atoms with Gasteiger partial charge < -0.3 is 21.3 Å². The molecule has 752 valence electrons. The molecule has 0 fully saturated rings. The van der Waals surface area contributed by atoms with Crippen molar-refractivity contribution in [3.05, 3.63) is 249 Å². The number of carbonyl (C=O) groups excluding carboxylic acids is 4. The average molecular weight is 1840 g/mol. The van der Waals surface area contributed by atoms with E-state index in [4.69, 9.17) is 0 Å². The summed E-state index contributed by atoms with van der Waals surface area (Å²) in [4.78, 5) is 69.4. The molecule has 0 bridgehead atoms. The van der Waals surface area contributed by atoms with Crippen LogP contribution >= 0.6 is 0 Å². The normalized spacial score (nSPS) is 12.5. The lowest BCUT2D eigenvalue weighted by Gasteiger charge is -2.23. The second-order valence-corrected chi connectivity index (χ2v) is 53.4. The lowest BCUT2D eigenvalue weighted by atomic mass is 9.82. The molecule has 0 aliphatic heterocycles. The molecule has 5 heterocycles. The van der Waals surface area contributed by atoms with Crippen LogP contribution in [0.2, 0.25) is 0 Å². The summed E-state index contributed by atoms with van der Waals surface area (Å²) in [5, 5.41) is 12.4. The van der Waals surface area contributed by atoms with Crippen molar-refractivity contribution in [3.63, 3.8) is 0 Å². The van der Waals surface area contributed by atoms with Crippen molar-refractivity contribution in [2.24, 2.45) is 16.2 Å². The zero-order valence-corrected chi connectivity index (χ0v) is 93.1. The maximum Gasteiger partial charge on any atom is 0.233 e. The van der Waals surface area contributed by atoms with Crippen molar-refractivity contribution in [2.75, 3.05) is 5.32 Å². The monoisotopic (exact) mass is 1840 g/mol. The van der Waals surface area contributed by atoms with Gasteiger partial charge >= 0.3 is 0 Å². The van der Waals surface area contributed by atoms with Gasteiger partial charge in [-0.2, -0.15) is 0 Å². The summed E-state index contributed by atoms with van der Waals surface area (Å²) in [7, 11) is 0. The van der Waals surface area contributed by atoms with Crippen molar-refractivity contribution in [1.29, 1.82) is 0 Å². The Hall–Kier alpha value is -8.39. The van der Waals surface area contributed by atoms with Crippen LogP contribution in [0, 0.1) is 16.2 Å². The van der Waals surface area contributed by atoms with Gasteiger partial charge in [0.25, 0.3) is 0 Å². The van der Waals surface area contributed by atoms with Gasteiger partial charge in [-0.3, -0.25) is 44.1 Å². The average Bonchev–Trinajstić information content (AvgIpc) is 0.839. The van der Waals surface area contributed by atoms with Crippen LogP contribution in [0.5, 0.6) is 0 Å². The number of aromatic nitrogens is 5. The number of nitrogens with one attached hydrogen (secondary N) is 4. The molecule has 8 rings (SSSR count). The number of carbonyl (C=O) groups is 4. The number of benzene rings is 3. The maximum atomic E-state index is 11.9. The van der Waals surface area contributed by atoms with Gasteiger partial charge in [-0.05, 0) is 216 Å². The number of Topliss-reactive ketones (excluding diaryl/α,β-unsaturated/α-hetero) is 2. The Bertz CT molecular complexity index is 4320. The molecule has 0 unspecified atom stereocenters. The number of hydrogen-bond donors (Lipinski definition) is 4. The van der Waals surface area contributed by atoms with Gasteiger partial charge in [0.2, 0.25) is 11.8 Å². The quantitative estimate of drug-likeness (QED) is 0.0761. The lowest BCUT2D eigenvalue weighted by Crippen LogP contribution is -2.41. The third kappa shape index (κ3) is 57.6. The van der Waals surface area contributed by atoms with Crippen LogP contribution in [0.4, 0.5) is 5.69 Å². The molecule has 4 N–H and O–H groups in total. The fraction of sp³-hybridized carbons (Fsp3) is 0.612. The first kappa shape index (κ1) is 128. The maximum absolute atomic E-state index is 11.9. The minimum Gasteiger partial charge on any atom is -0.351 e. The first-order valence-electron chi connectivity index (χ1n) is 48.3. The molecule has 2 amide bonds. The smallest absolute Gasteiger partial charge is 0.233 e. The Kier molecular flexibility index (Phi) is 49.4. The molecule has 0 saturated heterocycles. The van der Waals surface area contributed by atoms with E-state index < -0.39 is 0 Å². The minimum absolute atomic E-state index is 0. The number of rotatable bonds is 14. The van der Waals surface area contributed by atoms with Gasteiger partial charge in [-0.1, -0.05) is 382 Å². The Labute approximate surface area is 823 Å². The second kappa shape index (κ2) is 51.9. The number of ketones is 2. The van der Waals surface area contributed by atoms with Crippen molar-refractivity contribution in [3.8, 4) is 0 Å². The molecule has 13 heteroatoms. The van der Waals surface area contributed by atoms with E-state index in [1.807, 2.05) is 84.5 Å². The topological polar surface area (TPSA) is 181 Å². The summed E-state index contributed by atoms with van der Waals surface area (Å²) >= 11 is 0. The molecule has 5 aromatic heterocycles.